The van der Waals surface area contributed by atoms with E-state index in [1.165, 1.54) is 24.0 Å². The van der Waals surface area contributed by atoms with E-state index in [1.807, 2.05) is 0 Å². The van der Waals surface area contributed by atoms with Crippen LogP contribution in [0.3, 0.4) is 0 Å². The standard InChI is InChI=1S/C19H31N/c1-14(2)16-7-9-17(10-8-16)19(13-20-15(3)4)11-18(5,6)12-19/h7-10,14-15,20H,11-13H2,1-6H3. The van der Waals surface area contributed by atoms with E-state index in [1.54, 1.807) is 0 Å². The summed E-state index contributed by atoms with van der Waals surface area (Å²) in [6.45, 7) is 14.9. The molecule has 1 aromatic rings. The molecule has 0 unspecified atom stereocenters. The first-order valence-electron chi connectivity index (χ1n) is 8.08. The third-order valence-corrected chi connectivity index (χ3v) is 4.67. The van der Waals surface area contributed by atoms with Crippen molar-refractivity contribution in [3.8, 4) is 0 Å². The van der Waals surface area contributed by atoms with E-state index in [9.17, 15) is 0 Å². The Morgan fingerprint density at radius 2 is 1.55 bits per heavy atom. The van der Waals surface area contributed by atoms with Gasteiger partial charge in [-0.2, -0.15) is 0 Å². The largest absolute Gasteiger partial charge is 0.314 e. The first-order valence-corrected chi connectivity index (χ1v) is 8.08. The van der Waals surface area contributed by atoms with E-state index < -0.39 is 0 Å². The Bertz CT molecular complexity index is 431. The van der Waals surface area contributed by atoms with Gasteiger partial charge in [0.15, 0.2) is 0 Å². The molecule has 0 heterocycles. The first kappa shape index (κ1) is 15.6. The molecule has 20 heavy (non-hydrogen) atoms. The number of rotatable bonds is 5. The summed E-state index contributed by atoms with van der Waals surface area (Å²) in [7, 11) is 0. The van der Waals surface area contributed by atoms with Crippen molar-refractivity contribution in [2.24, 2.45) is 5.41 Å². The summed E-state index contributed by atoms with van der Waals surface area (Å²) in [5.74, 6) is 0.617. The number of hydrogen-bond acceptors (Lipinski definition) is 1. The van der Waals surface area contributed by atoms with Gasteiger partial charge in [-0.3, -0.25) is 0 Å². The van der Waals surface area contributed by atoms with Gasteiger partial charge in [0, 0.05) is 18.0 Å². The average Bonchev–Trinajstić information content (AvgIpc) is 2.33. The molecule has 1 fully saturated rings. The molecule has 2 rings (SSSR count). The fraction of sp³-hybridized carbons (Fsp3) is 0.684. The second-order valence-electron chi connectivity index (χ2n) is 8.11. The van der Waals surface area contributed by atoms with Gasteiger partial charge in [-0.1, -0.05) is 65.8 Å². The summed E-state index contributed by atoms with van der Waals surface area (Å²) in [5.41, 5.74) is 3.81. The highest BCUT2D eigenvalue weighted by atomic mass is 14.9. The zero-order valence-corrected chi connectivity index (χ0v) is 14.1. The molecule has 1 aliphatic rings. The van der Waals surface area contributed by atoms with Gasteiger partial charge in [-0.15, -0.1) is 0 Å². The third-order valence-electron chi connectivity index (χ3n) is 4.67. The molecule has 0 radical (unpaired) electrons. The minimum absolute atomic E-state index is 0.350. The van der Waals surface area contributed by atoms with E-state index in [-0.39, 0.29) is 0 Å². The lowest BCUT2D eigenvalue weighted by atomic mass is 9.52. The predicted molar refractivity (Wildman–Crippen MR) is 88.4 cm³/mol. The maximum atomic E-state index is 3.66. The van der Waals surface area contributed by atoms with Crippen LogP contribution < -0.4 is 5.32 Å². The summed E-state index contributed by atoms with van der Waals surface area (Å²) < 4.78 is 0. The normalized spacial score (nSPS) is 20.2. The Labute approximate surface area is 125 Å². The van der Waals surface area contributed by atoms with Crippen LogP contribution in [0.25, 0.3) is 0 Å². The molecule has 1 saturated carbocycles. The Kier molecular flexibility index (Phi) is 4.30. The van der Waals surface area contributed by atoms with E-state index in [0.717, 1.165) is 6.54 Å². The fourth-order valence-corrected chi connectivity index (χ4v) is 3.83. The summed E-state index contributed by atoms with van der Waals surface area (Å²) >= 11 is 0. The predicted octanol–water partition coefficient (Wildman–Crippen LogP) is 4.87. The van der Waals surface area contributed by atoms with Crippen LogP contribution in [0.2, 0.25) is 0 Å². The van der Waals surface area contributed by atoms with Crippen LogP contribution in [-0.2, 0) is 5.41 Å². The quantitative estimate of drug-likeness (QED) is 0.807. The number of nitrogens with one attached hydrogen (secondary N) is 1. The van der Waals surface area contributed by atoms with Crippen LogP contribution in [-0.4, -0.2) is 12.6 Å². The minimum Gasteiger partial charge on any atom is -0.314 e. The second kappa shape index (κ2) is 5.52. The lowest BCUT2D eigenvalue weighted by Gasteiger charge is -2.54. The van der Waals surface area contributed by atoms with Crippen LogP contribution in [0, 0.1) is 5.41 Å². The van der Waals surface area contributed by atoms with Gasteiger partial charge < -0.3 is 5.32 Å². The molecule has 1 aliphatic carbocycles. The Hall–Kier alpha value is -0.820. The van der Waals surface area contributed by atoms with Crippen LogP contribution in [0.15, 0.2) is 24.3 Å². The topological polar surface area (TPSA) is 12.0 Å². The average molecular weight is 273 g/mol. The summed E-state index contributed by atoms with van der Waals surface area (Å²) in [5, 5.41) is 3.66. The van der Waals surface area contributed by atoms with Crippen molar-refractivity contribution in [3.05, 3.63) is 35.4 Å². The van der Waals surface area contributed by atoms with Gasteiger partial charge in [0.1, 0.15) is 0 Å². The van der Waals surface area contributed by atoms with Gasteiger partial charge >= 0.3 is 0 Å². The van der Waals surface area contributed by atoms with Gasteiger partial charge in [-0.25, -0.2) is 0 Å². The zero-order valence-electron chi connectivity index (χ0n) is 14.1. The molecule has 0 spiro atoms. The second-order valence-corrected chi connectivity index (χ2v) is 8.11. The highest BCUT2D eigenvalue weighted by Crippen LogP contribution is 2.55. The molecule has 1 nitrogen and oxygen atoms in total. The van der Waals surface area contributed by atoms with Crippen LogP contribution in [0.5, 0.6) is 0 Å². The monoisotopic (exact) mass is 273 g/mol. The smallest absolute Gasteiger partial charge is 0.00880 e. The summed E-state index contributed by atoms with van der Waals surface area (Å²) in [6, 6.07) is 9.94. The van der Waals surface area contributed by atoms with Crippen LogP contribution >= 0.6 is 0 Å². The Morgan fingerprint density at radius 1 is 1.00 bits per heavy atom. The van der Waals surface area contributed by atoms with Crippen molar-refractivity contribution in [2.75, 3.05) is 6.54 Å². The minimum atomic E-state index is 0.350. The fourth-order valence-electron chi connectivity index (χ4n) is 3.83. The Balaban J connectivity index is 2.19. The van der Waals surface area contributed by atoms with E-state index in [0.29, 0.717) is 22.8 Å². The highest BCUT2D eigenvalue weighted by molar-refractivity contribution is 5.34. The van der Waals surface area contributed by atoms with Crippen molar-refractivity contribution in [1.29, 1.82) is 0 Å². The molecule has 0 saturated heterocycles. The van der Waals surface area contributed by atoms with Crippen LogP contribution in [0.4, 0.5) is 0 Å². The van der Waals surface area contributed by atoms with Crippen LogP contribution in [0.1, 0.15) is 71.4 Å². The molecular weight excluding hydrogens is 242 g/mol. The maximum absolute atomic E-state index is 3.66. The van der Waals surface area contributed by atoms with Gasteiger partial charge in [0.25, 0.3) is 0 Å². The van der Waals surface area contributed by atoms with Crippen molar-refractivity contribution in [3.63, 3.8) is 0 Å². The van der Waals surface area contributed by atoms with Crippen molar-refractivity contribution < 1.29 is 0 Å². The Morgan fingerprint density at radius 3 is 1.95 bits per heavy atom. The molecular formula is C19H31N. The first-order chi connectivity index (χ1) is 9.24. The lowest BCUT2D eigenvalue weighted by molar-refractivity contribution is 0.0548. The number of hydrogen-bond donors (Lipinski definition) is 1. The summed E-state index contributed by atoms with van der Waals surface area (Å²) in [6.07, 6.45) is 2.58. The van der Waals surface area contributed by atoms with Gasteiger partial charge in [0.2, 0.25) is 0 Å². The molecule has 1 aromatic carbocycles. The lowest BCUT2D eigenvalue weighted by Crippen LogP contribution is -2.53. The van der Waals surface area contributed by atoms with Gasteiger partial charge in [0.05, 0.1) is 0 Å². The molecule has 0 aliphatic heterocycles. The third kappa shape index (κ3) is 3.25. The summed E-state index contributed by atoms with van der Waals surface area (Å²) in [4.78, 5) is 0. The zero-order chi connectivity index (χ0) is 15.0. The molecule has 0 aromatic heterocycles. The molecule has 112 valence electrons. The van der Waals surface area contributed by atoms with E-state index in [2.05, 4.69) is 71.1 Å². The molecule has 0 amide bonds. The van der Waals surface area contributed by atoms with Crippen molar-refractivity contribution in [2.45, 2.75) is 71.8 Å². The molecule has 0 atom stereocenters. The number of benzene rings is 1. The van der Waals surface area contributed by atoms with Gasteiger partial charge in [-0.05, 0) is 35.3 Å². The molecule has 1 heteroatoms. The highest BCUT2D eigenvalue weighted by Gasteiger charge is 2.49. The SMILES string of the molecule is CC(C)NCC1(c2ccc(C(C)C)cc2)CC(C)(C)C1. The van der Waals surface area contributed by atoms with Crippen molar-refractivity contribution in [1.82, 2.24) is 5.32 Å². The molecule has 0 bridgehead atoms. The molecule has 1 N–H and O–H groups in total. The van der Waals surface area contributed by atoms with E-state index >= 15 is 0 Å². The maximum Gasteiger partial charge on any atom is 0.00880 e. The van der Waals surface area contributed by atoms with Crippen molar-refractivity contribution >= 4 is 0 Å². The van der Waals surface area contributed by atoms with E-state index in [4.69, 9.17) is 0 Å².